The Morgan fingerprint density at radius 2 is 0.605 bits per heavy atom. The number of hydrogen-bond donors (Lipinski definition) is 0. The fourth-order valence-electron chi connectivity index (χ4n) is 7.25. The van der Waals surface area contributed by atoms with Gasteiger partial charge in [-0.15, -0.1) is 0 Å². The van der Waals surface area contributed by atoms with Crippen molar-refractivity contribution in [1.82, 2.24) is 15.0 Å². The van der Waals surface area contributed by atoms with E-state index >= 15 is 0 Å². The molecule has 5 aromatic rings. The van der Waals surface area contributed by atoms with E-state index in [-0.39, 0.29) is 0 Å². The Morgan fingerprint density at radius 3 is 1.00 bits per heavy atom. The second kappa shape index (κ2) is 7.70. The lowest BCUT2D eigenvalue weighted by atomic mass is 9.82. The van der Waals surface area contributed by atoms with Crippen LogP contribution in [0.5, 0.6) is 0 Å². The van der Waals surface area contributed by atoms with Gasteiger partial charge in [0.2, 0.25) is 0 Å². The molecule has 0 fully saturated rings. The maximum absolute atomic E-state index is 5.42. The molecule has 0 atom stereocenters. The first-order chi connectivity index (χ1) is 18.8. The number of pyridine rings is 3. The molecular weight excluding hydrogens is 462 g/mol. The average Bonchev–Trinajstić information content (AvgIpc) is 2.98. The zero-order valence-electron chi connectivity index (χ0n) is 21.3. The number of hydrogen-bond acceptors (Lipinski definition) is 3. The second-order valence-electron chi connectivity index (χ2n) is 11.3. The fraction of sp³-hybridized carbons (Fsp3) is 0.229. The summed E-state index contributed by atoms with van der Waals surface area (Å²) < 4.78 is 0. The van der Waals surface area contributed by atoms with Crippen molar-refractivity contribution in [3.05, 3.63) is 111 Å². The Hall–Kier alpha value is -4.11. The van der Waals surface area contributed by atoms with Crippen LogP contribution in [0.4, 0.5) is 0 Å². The van der Waals surface area contributed by atoms with E-state index in [9.17, 15) is 0 Å². The third-order valence-electron chi connectivity index (χ3n) is 9.19. The topological polar surface area (TPSA) is 38.7 Å². The van der Waals surface area contributed by atoms with Crippen LogP contribution in [0.1, 0.15) is 44.5 Å². The van der Waals surface area contributed by atoms with Crippen LogP contribution in [0.15, 0.2) is 66.7 Å². The van der Waals surface area contributed by atoms with Crippen LogP contribution < -0.4 is 0 Å². The first-order valence-electron chi connectivity index (χ1n) is 14.1. The highest BCUT2D eigenvalue weighted by molar-refractivity contribution is 5.80. The maximum Gasteiger partial charge on any atom is 0.0929 e. The van der Waals surface area contributed by atoms with Gasteiger partial charge >= 0.3 is 0 Å². The first-order valence-corrected chi connectivity index (χ1v) is 14.1. The lowest BCUT2D eigenvalue weighted by molar-refractivity contribution is 0.855. The van der Waals surface area contributed by atoms with Gasteiger partial charge in [0.25, 0.3) is 0 Å². The van der Waals surface area contributed by atoms with Crippen molar-refractivity contribution in [3.63, 3.8) is 0 Å². The summed E-state index contributed by atoms with van der Waals surface area (Å²) in [5, 5.41) is 0. The van der Waals surface area contributed by atoms with Crippen LogP contribution in [-0.4, -0.2) is 15.0 Å². The summed E-state index contributed by atoms with van der Waals surface area (Å²) in [5.74, 6) is 0. The van der Waals surface area contributed by atoms with Crippen LogP contribution in [0, 0.1) is 0 Å². The normalized spacial score (nSPS) is 15.6. The van der Waals surface area contributed by atoms with Crippen molar-refractivity contribution in [2.24, 2.45) is 0 Å². The monoisotopic (exact) mass is 489 g/mol. The molecule has 0 saturated carbocycles. The van der Waals surface area contributed by atoms with Crippen LogP contribution in [-0.2, 0) is 51.4 Å². The lowest BCUT2D eigenvalue weighted by Crippen LogP contribution is -2.16. The van der Waals surface area contributed by atoms with Crippen molar-refractivity contribution in [2.75, 3.05) is 0 Å². The predicted molar refractivity (Wildman–Crippen MR) is 151 cm³/mol. The largest absolute Gasteiger partial charge is 0.246 e. The molecule has 3 heteroatoms. The summed E-state index contributed by atoms with van der Waals surface area (Å²) in [6.07, 6.45) is 8.51. The molecule has 0 aliphatic heterocycles. The number of benzene rings is 2. The van der Waals surface area contributed by atoms with Gasteiger partial charge in [-0.3, -0.25) is 0 Å². The Balaban J connectivity index is 1.24. The van der Waals surface area contributed by atoms with Gasteiger partial charge in [0, 0.05) is 11.1 Å². The highest BCUT2D eigenvalue weighted by atomic mass is 14.9. The molecule has 38 heavy (non-hydrogen) atoms. The number of aryl methyl sites for hydroxylation is 8. The Bertz CT molecular complexity index is 1700. The molecule has 4 aliphatic carbocycles. The lowest BCUT2D eigenvalue weighted by Gasteiger charge is -2.28. The fourth-order valence-corrected chi connectivity index (χ4v) is 7.25. The molecule has 0 unspecified atom stereocenters. The van der Waals surface area contributed by atoms with Gasteiger partial charge in [0.15, 0.2) is 0 Å². The molecule has 0 N–H and O–H groups in total. The minimum Gasteiger partial charge on any atom is -0.246 e. The number of fused-ring (bicyclic) bond motifs is 12. The minimum atomic E-state index is 1.04. The summed E-state index contributed by atoms with van der Waals surface area (Å²) >= 11 is 0. The van der Waals surface area contributed by atoms with Crippen LogP contribution in [0.25, 0.3) is 45.3 Å². The molecule has 3 heterocycles. The molecule has 0 radical (unpaired) electrons. The van der Waals surface area contributed by atoms with Gasteiger partial charge in [0.05, 0.1) is 34.2 Å². The minimum absolute atomic E-state index is 1.04. The summed E-state index contributed by atoms with van der Waals surface area (Å²) in [4.78, 5) is 16.1. The first kappa shape index (κ1) is 20.9. The van der Waals surface area contributed by atoms with Crippen molar-refractivity contribution in [3.8, 4) is 45.3 Å². The van der Waals surface area contributed by atoms with Crippen LogP contribution in [0.2, 0.25) is 0 Å². The van der Waals surface area contributed by atoms with E-state index in [0.717, 1.165) is 85.5 Å². The molecular formula is C35H27N3. The maximum atomic E-state index is 5.42. The quantitative estimate of drug-likeness (QED) is 0.237. The molecule has 0 bridgehead atoms. The average molecular weight is 490 g/mol. The molecule has 0 amide bonds. The summed E-state index contributed by atoms with van der Waals surface area (Å²) in [5.41, 5.74) is 20.2. The van der Waals surface area contributed by atoms with E-state index in [4.69, 9.17) is 15.0 Å². The van der Waals surface area contributed by atoms with Crippen LogP contribution in [0.3, 0.4) is 0 Å². The Morgan fingerprint density at radius 1 is 0.316 bits per heavy atom. The molecule has 2 aromatic carbocycles. The predicted octanol–water partition coefficient (Wildman–Crippen LogP) is 6.93. The SMILES string of the molecule is c1ccc2c(c1)CCc1cc3c(nc1-2)-c1nc2c(cc1CC3)CCc1cc3c(nc1-2)-c1ccccc1CC3. The van der Waals surface area contributed by atoms with E-state index in [2.05, 4.69) is 66.7 Å². The van der Waals surface area contributed by atoms with Gasteiger partial charge in [-0.25, -0.2) is 15.0 Å². The van der Waals surface area contributed by atoms with E-state index in [1.54, 1.807) is 0 Å². The summed E-state index contributed by atoms with van der Waals surface area (Å²) in [6.45, 7) is 0. The third-order valence-corrected chi connectivity index (χ3v) is 9.19. The Kier molecular flexibility index (Phi) is 4.24. The highest BCUT2D eigenvalue weighted by Gasteiger charge is 2.29. The number of rotatable bonds is 0. The van der Waals surface area contributed by atoms with E-state index in [1.165, 1.54) is 55.6 Å². The molecule has 0 saturated heterocycles. The standard InChI is InChI=1S/C35H27N3/c1-3-7-28-20(5-1)9-11-22-17-24-13-15-26-19-27-16-14-25-18-23-12-10-21-6-2-4-8-29(21)31(23)37-33(25)35(27)38-34(26)32(24)36-30(22)28/h1-8,17-19H,9-16H2. The third kappa shape index (κ3) is 2.93. The van der Waals surface area contributed by atoms with Crippen molar-refractivity contribution >= 4 is 0 Å². The summed E-state index contributed by atoms with van der Waals surface area (Å²) in [7, 11) is 0. The second-order valence-corrected chi connectivity index (χ2v) is 11.3. The van der Waals surface area contributed by atoms with Crippen molar-refractivity contribution in [1.29, 1.82) is 0 Å². The zero-order chi connectivity index (χ0) is 24.8. The zero-order valence-corrected chi connectivity index (χ0v) is 21.3. The highest BCUT2D eigenvalue weighted by Crippen LogP contribution is 2.43. The van der Waals surface area contributed by atoms with Crippen molar-refractivity contribution in [2.45, 2.75) is 51.4 Å². The van der Waals surface area contributed by atoms with Gasteiger partial charge in [0.1, 0.15) is 0 Å². The molecule has 182 valence electrons. The van der Waals surface area contributed by atoms with Gasteiger partial charge in [-0.2, -0.15) is 0 Å². The molecule has 4 aliphatic rings. The van der Waals surface area contributed by atoms with E-state index in [1.807, 2.05) is 0 Å². The van der Waals surface area contributed by atoms with Crippen LogP contribution >= 0.6 is 0 Å². The van der Waals surface area contributed by atoms with E-state index < -0.39 is 0 Å². The number of nitrogens with zero attached hydrogens (tertiary/aromatic N) is 3. The summed E-state index contributed by atoms with van der Waals surface area (Å²) in [6, 6.07) is 24.8. The number of aromatic nitrogens is 3. The molecule has 0 spiro atoms. The Labute approximate surface area is 222 Å². The van der Waals surface area contributed by atoms with Gasteiger partial charge in [-0.05, 0) is 95.9 Å². The smallest absolute Gasteiger partial charge is 0.0929 e. The van der Waals surface area contributed by atoms with Crippen molar-refractivity contribution < 1.29 is 0 Å². The van der Waals surface area contributed by atoms with Gasteiger partial charge in [-0.1, -0.05) is 66.7 Å². The molecule has 3 aromatic heterocycles. The molecule has 9 rings (SSSR count). The van der Waals surface area contributed by atoms with Gasteiger partial charge < -0.3 is 0 Å². The molecule has 3 nitrogen and oxygen atoms in total. The van der Waals surface area contributed by atoms with E-state index in [0.29, 0.717) is 0 Å².